The molecule has 1 aromatic heterocycles. The highest BCUT2D eigenvalue weighted by Gasteiger charge is 2.52. The maximum absolute atomic E-state index is 14.1. The van der Waals surface area contributed by atoms with Crippen molar-refractivity contribution in [3.05, 3.63) is 48.5 Å². The fourth-order valence-electron chi connectivity index (χ4n) is 3.39. The third-order valence-corrected chi connectivity index (χ3v) is 5.33. The van der Waals surface area contributed by atoms with Gasteiger partial charge in [-0.3, -0.25) is 14.5 Å². The Morgan fingerprint density at radius 1 is 1.23 bits per heavy atom. The van der Waals surface area contributed by atoms with E-state index in [2.05, 4.69) is 20.0 Å². The molecule has 2 amide bonds. The molecule has 1 aromatic carbocycles. The van der Waals surface area contributed by atoms with Gasteiger partial charge < -0.3 is 14.8 Å². The molecule has 1 aliphatic rings. The molecule has 3 rings (SSSR count). The van der Waals surface area contributed by atoms with Crippen molar-refractivity contribution >= 4 is 29.1 Å². The number of nitrogens with one attached hydrogen (secondary N) is 1. The van der Waals surface area contributed by atoms with E-state index in [0.29, 0.717) is 4.90 Å². The van der Waals surface area contributed by atoms with Gasteiger partial charge in [0.15, 0.2) is 5.54 Å². The van der Waals surface area contributed by atoms with Crippen molar-refractivity contribution in [2.45, 2.75) is 36.4 Å². The number of hydrogen-bond acceptors (Lipinski definition) is 6. The first-order valence-electron chi connectivity index (χ1n) is 9.76. The van der Waals surface area contributed by atoms with Crippen molar-refractivity contribution in [2.75, 3.05) is 18.1 Å². The van der Waals surface area contributed by atoms with Crippen molar-refractivity contribution in [1.29, 1.82) is 0 Å². The van der Waals surface area contributed by atoms with E-state index in [0.717, 1.165) is 49.9 Å². The van der Waals surface area contributed by atoms with Crippen LogP contribution in [0.25, 0.3) is 0 Å². The van der Waals surface area contributed by atoms with Crippen LogP contribution in [0.15, 0.2) is 43.0 Å². The fourth-order valence-corrected chi connectivity index (χ4v) is 3.49. The molecular formula is C20H17ClF6N4O4. The van der Waals surface area contributed by atoms with Gasteiger partial charge in [0, 0.05) is 23.6 Å². The highest BCUT2D eigenvalue weighted by Crippen LogP contribution is 2.37. The van der Waals surface area contributed by atoms with Crippen LogP contribution in [0.5, 0.6) is 5.75 Å². The van der Waals surface area contributed by atoms with Crippen molar-refractivity contribution in [2.24, 2.45) is 0 Å². The second-order valence-corrected chi connectivity index (χ2v) is 7.90. The zero-order valence-corrected chi connectivity index (χ0v) is 18.5. The molecule has 15 heteroatoms. The molecule has 0 aliphatic carbocycles. The van der Waals surface area contributed by atoms with E-state index in [4.69, 9.17) is 16.3 Å². The van der Waals surface area contributed by atoms with Gasteiger partial charge in [-0.15, -0.1) is 13.2 Å². The SMILES string of the molecule is C[C@@](C(=O)N[C@@H]1COCC1(F)F)(c1cncnc1)N(C(=O)[C@H](F)Cl)c1ccc(OC(F)(F)F)cc1. The van der Waals surface area contributed by atoms with Crippen LogP contribution in [0.3, 0.4) is 0 Å². The quantitative estimate of drug-likeness (QED) is 0.439. The number of alkyl halides is 7. The molecule has 0 saturated carbocycles. The lowest BCUT2D eigenvalue weighted by atomic mass is 9.89. The lowest BCUT2D eigenvalue weighted by Gasteiger charge is -2.40. The van der Waals surface area contributed by atoms with Crippen LogP contribution >= 0.6 is 11.6 Å². The third-order valence-electron chi connectivity index (χ3n) is 5.14. The molecule has 3 atom stereocenters. The minimum Gasteiger partial charge on any atom is -0.406 e. The van der Waals surface area contributed by atoms with Crippen LogP contribution in [0.1, 0.15) is 12.5 Å². The molecule has 8 nitrogen and oxygen atoms in total. The van der Waals surface area contributed by atoms with E-state index >= 15 is 0 Å². The molecule has 0 bridgehead atoms. The summed E-state index contributed by atoms with van der Waals surface area (Å²) in [7, 11) is 0. The number of benzene rings is 1. The summed E-state index contributed by atoms with van der Waals surface area (Å²) in [5.74, 6) is -6.83. The van der Waals surface area contributed by atoms with Gasteiger partial charge in [-0.05, 0) is 31.2 Å². The van der Waals surface area contributed by atoms with Crippen LogP contribution in [-0.2, 0) is 19.9 Å². The number of carbonyl (C=O) groups is 2. The summed E-state index contributed by atoms with van der Waals surface area (Å²) in [6, 6.07) is 1.70. The molecule has 0 spiro atoms. The van der Waals surface area contributed by atoms with E-state index in [1.165, 1.54) is 0 Å². The standard InChI is InChI=1S/C20H17ClF6N4O4/c1-18(11-6-28-10-29-7-11,17(33)30-14-8-34-9-19(14,23)24)31(16(32)15(21)22)12-2-4-13(5-3-12)35-20(25,26)27/h2-7,10,14-15H,8-9H2,1H3,(H,30,33)/t14-,15+,18+/m1/s1. The maximum atomic E-state index is 14.1. The van der Waals surface area contributed by atoms with Crippen LogP contribution in [0, 0.1) is 0 Å². The molecule has 1 N–H and O–H groups in total. The van der Waals surface area contributed by atoms with E-state index in [1.807, 2.05) is 0 Å². The summed E-state index contributed by atoms with van der Waals surface area (Å²) in [5.41, 5.74) is -5.44. The highest BCUT2D eigenvalue weighted by molar-refractivity contribution is 6.32. The summed E-state index contributed by atoms with van der Waals surface area (Å²) >= 11 is 5.37. The molecule has 0 unspecified atom stereocenters. The number of anilines is 1. The van der Waals surface area contributed by atoms with Gasteiger partial charge in [-0.2, -0.15) is 0 Å². The molecule has 1 saturated heterocycles. The van der Waals surface area contributed by atoms with Gasteiger partial charge in [-0.25, -0.2) is 23.1 Å². The second-order valence-electron chi connectivity index (χ2n) is 7.52. The second kappa shape index (κ2) is 9.85. The van der Waals surface area contributed by atoms with Gasteiger partial charge in [0.05, 0.1) is 6.61 Å². The molecule has 0 radical (unpaired) electrons. The maximum Gasteiger partial charge on any atom is 0.573 e. The highest BCUT2D eigenvalue weighted by atomic mass is 35.5. The molecule has 2 heterocycles. The first-order valence-corrected chi connectivity index (χ1v) is 10.2. The van der Waals surface area contributed by atoms with Crippen LogP contribution in [0.4, 0.5) is 32.0 Å². The molecule has 190 valence electrons. The summed E-state index contributed by atoms with van der Waals surface area (Å²) in [4.78, 5) is 34.3. The van der Waals surface area contributed by atoms with Gasteiger partial charge in [0.25, 0.3) is 23.4 Å². The van der Waals surface area contributed by atoms with E-state index < -0.39 is 60.3 Å². The minimum absolute atomic E-state index is 0.138. The summed E-state index contributed by atoms with van der Waals surface area (Å²) in [6.07, 6.45) is -1.77. The zero-order chi connectivity index (χ0) is 26.0. The molecule has 35 heavy (non-hydrogen) atoms. The van der Waals surface area contributed by atoms with Crippen molar-refractivity contribution in [1.82, 2.24) is 15.3 Å². The van der Waals surface area contributed by atoms with E-state index in [1.54, 1.807) is 0 Å². The number of hydrogen-bond donors (Lipinski definition) is 1. The first-order chi connectivity index (χ1) is 16.3. The number of amides is 2. The summed E-state index contributed by atoms with van der Waals surface area (Å²) < 4.78 is 88.3. The lowest BCUT2D eigenvalue weighted by molar-refractivity contribution is -0.274. The van der Waals surface area contributed by atoms with Gasteiger partial charge in [0.1, 0.15) is 24.7 Å². The average molecular weight is 527 g/mol. The predicted octanol–water partition coefficient (Wildman–Crippen LogP) is 3.31. The van der Waals surface area contributed by atoms with Crippen LogP contribution in [-0.4, -0.2) is 59.0 Å². The Morgan fingerprint density at radius 2 is 1.83 bits per heavy atom. The average Bonchev–Trinajstić information content (AvgIpc) is 3.11. The molecule has 2 aromatic rings. The van der Waals surface area contributed by atoms with Crippen molar-refractivity contribution in [3.8, 4) is 5.75 Å². The first kappa shape index (κ1) is 26.5. The Bertz CT molecular complexity index is 1060. The predicted molar refractivity (Wildman–Crippen MR) is 108 cm³/mol. The zero-order valence-electron chi connectivity index (χ0n) is 17.7. The molecule has 1 fully saturated rings. The normalized spacial score (nSPS) is 19.9. The Morgan fingerprint density at radius 3 is 2.31 bits per heavy atom. The van der Waals surface area contributed by atoms with Gasteiger partial charge in [-0.1, -0.05) is 11.6 Å². The van der Waals surface area contributed by atoms with Gasteiger partial charge in [0.2, 0.25) is 0 Å². The smallest absolute Gasteiger partial charge is 0.406 e. The minimum atomic E-state index is -5.01. The third kappa shape index (κ3) is 5.75. The number of aromatic nitrogens is 2. The number of halogens is 7. The van der Waals surface area contributed by atoms with Crippen LogP contribution in [0.2, 0.25) is 0 Å². The Kier molecular flexibility index (Phi) is 7.45. The number of rotatable bonds is 7. The largest absolute Gasteiger partial charge is 0.573 e. The molecular weight excluding hydrogens is 510 g/mol. The Hall–Kier alpha value is -3.13. The van der Waals surface area contributed by atoms with E-state index in [-0.39, 0.29) is 11.3 Å². The van der Waals surface area contributed by atoms with Crippen LogP contribution < -0.4 is 15.0 Å². The van der Waals surface area contributed by atoms with Gasteiger partial charge >= 0.3 is 6.36 Å². The number of carbonyl (C=O) groups excluding carboxylic acids is 2. The number of nitrogens with zero attached hydrogens (tertiary/aromatic N) is 3. The Labute approximate surface area is 199 Å². The van der Waals surface area contributed by atoms with Crippen molar-refractivity contribution < 1.29 is 45.4 Å². The monoisotopic (exact) mass is 526 g/mol. The Balaban J connectivity index is 2.11. The molecule has 1 aliphatic heterocycles. The summed E-state index contributed by atoms with van der Waals surface area (Å²) in [5, 5.41) is 2.09. The number of ether oxygens (including phenoxy) is 2. The fraction of sp³-hybridized carbons (Fsp3) is 0.400. The van der Waals surface area contributed by atoms with E-state index in [9.17, 15) is 35.9 Å². The topological polar surface area (TPSA) is 93.6 Å². The lowest BCUT2D eigenvalue weighted by Crippen LogP contribution is -2.61. The summed E-state index contributed by atoms with van der Waals surface area (Å²) in [6.45, 7) is -0.411. The van der Waals surface area contributed by atoms with Crippen molar-refractivity contribution in [3.63, 3.8) is 0 Å².